The normalized spacial score (nSPS) is 10.0. The van der Waals surface area contributed by atoms with Crippen molar-refractivity contribution in [2.24, 2.45) is 5.73 Å². The molecule has 0 unspecified atom stereocenters. The number of ether oxygens (including phenoxy) is 2. The summed E-state index contributed by atoms with van der Waals surface area (Å²) in [6.45, 7) is 0.273. The van der Waals surface area contributed by atoms with Gasteiger partial charge in [-0.25, -0.2) is 4.39 Å². The van der Waals surface area contributed by atoms with Gasteiger partial charge in [0.15, 0.2) is 11.6 Å². The summed E-state index contributed by atoms with van der Waals surface area (Å²) in [6.07, 6.45) is 0. The van der Waals surface area contributed by atoms with E-state index >= 15 is 0 Å². The van der Waals surface area contributed by atoms with Crippen molar-refractivity contribution in [3.63, 3.8) is 0 Å². The van der Waals surface area contributed by atoms with Gasteiger partial charge in [-0.05, 0) is 24.3 Å². The van der Waals surface area contributed by atoms with Crippen molar-refractivity contribution in [2.75, 3.05) is 7.11 Å². The van der Waals surface area contributed by atoms with E-state index in [1.54, 1.807) is 30.3 Å². The lowest BCUT2D eigenvalue weighted by atomic mass is 10.1. The fourth-order valence-corrected chi connectivity index (χ4v) is 1.99. The van der Waals surface area contributed by atoms with Crippen LogP contribution in [0.2, 0.25) is 0 Å². The van der Waals surface area contributed by atoms with Gasteiger partial charge in [0.1, 0.15) is 12.4 Å². The van der Waals surface area contributed by atoms with Crippen molar-refractivity contribution in [1.82, 2.24) is 0 Å². The van der Waals surface area contributed by atoms with Crippen LogP contribution in [-0.4, -0.2) is 7.11 Å². The van der Waals surface area contributed by atoms with Gasteiger partial charge in [-0.2, -0.15) is 5.26 Å². The molecule has 0 aliphatic rings. The Morgan fingerprint density at radius 2 is 2.05 bits per heavy atom. The fourth-order valence-electron chi connectivity index (χ4n) is 1.99. The van der Waals surface area contributed by atoms with Crippen LogP contribution in [0.5, 0.6) is 11.5 Å². The van der Waals surface area contributed by atoms with Crippen LogP contribution in [0.25, 0.3) is 0 Å². The van der Waals surface area contributed by atoms with Crippen molar-refractivity contribution in [3.05, 3.63) is 58.9 Å². The van der Waals surface area contributed by atoms with Gasteiger partial charge < -0.3 is 15.2 Å². The van der Waals surface area contributed by atoms with E-state index in [2.05, 4.69) is 0 Å². The Morgan fingerprint density at radius 1 is 1.24 bits per heavy atom. The van der Waals surface area contributed by atoms with Crippen LogP contribution >= 0.6 is 0 Å². The van der Waals surface area contributed by atoms with E-state index in [4.69, 9.17) is 20.5 Å². The van der Waals surface area contributed by atoms with Crippen molar-refractivity contribution in [2.45, 2.75) is 13.2 Å². The number of hydrogen-bond acceptors (Lipinski definition) is 4. The second-order valence-corrected chi connectivity index (χ2v) is 4.36. The minimum absolute atomic E-state index is 0.0899. The number of nitriles is 1. The second kappa shape index (κ2) is 6.73. The molecule has 2 N–H and O–H groups in total. The second-order valence-electron chi connectivity index (χ2n) is 4.36. The first-order chi connectivity index (χ1) is 10.2. The van der Waals surface area contributed by atoms with Crippen molar-refractivity contribution in [1.29, 1.82) is 5.26 Å². The van der Waals surface area contributed by atoms with Crippen LogP contribution in [0.1, 0.15) is 16.7 Å². The van der Waals surface area contributed by atoms with E-state index in [0.717, 1.165) is 0 Å². The van der Waals surface area contributed by atoms with Gasteiger partial charge >= 0.3 is 0 Å². The summed E-state index contributed by atoms with van der Waals surface area (Å²) in [5.74, 6) is 0.248. The number of benzene rings is 2. The number of nitrogens with two attached hydrogens (primary N) is 1. The van der Waals surface area contributed by atoms with Gasteiger partial charge in [0.25, 0.3) is 0 Å². The molecular formula is C16H15FN2O2. The summed E-state index contributed by atoms with van der Waals surface area (Å²) in [6, 6.07) is 11.6. The molecule has 0 aromatic heterocycles. The van der Waals surface area contributed by atoms with Gasteiger partial charge in [0.05, 0.1) is 18.7 Å². The molecule has 108 valence electrons. The van der Waals surface area contributed by atoms with Crippen molar-refractivity contribution >= 4 is 0 Å². The summed E-state index contributed by atoms with van der Waals surface area (Å²) in [5.41, 5.74) is 7.32. The quantitative estimate of drug-likeness (QED) is 0.917. The Labute approximate surface area is 122 Å². The lowest BCUT2D eigenvalue weighted by Crippen LogP contribution is -2.05. The molecule has 2 aromatic rings. The number of nitrogens with zero attached hydrogens (tertiary/aromatic N) is 1. The summed E-state index contributed by atoms with van der Waals surface area (Å²) < 4.78 is 24.6. The zero-order valence-electron chi connectivity index (χ0n) is 11.6. The van der Waals surface area contributed by atoms with Crippen molar-refractivity contribution in [3.8, 4) is 17.6 Å². The lowest BCUT2D eigenvalue weighted by Gasteiger charge is -2.13. The summed E-state index contributed by atoms with van der Waals surface area (Å²) in [7, 11) is 1.53. The van der Waals surface area contributed by atoms with Crippen LogP contribution in [0.15, 0.2) is 36.4 Å². The first kappa shape index (κ1) is 14.8. The average Bonchev–Trinajstić information content (AvgIpc) is 2.53. The first-order valence-corrected chi connectivity index (χ1v) is 6.37. The largest absolute Gasteiger partial charge is 0.496 e. The molecular weight excluding hydrogens is 271 g/mol. The van der Waals surface area contributed by atoms with Crippen LogP contribution < -0.4 is 15.2 Å². The first-order valence-electron chi connectivity index (χ1n) is 6.37. The molecule has 21 heavy (non-hydrogen) atoms. The van der Waals surface area contributed by atoms with Crippen LogP contribution in [-0.2, 0) is 13.2 Å². The topological polar surface area (TPSA) is 68.3 Å². The Hall–Kier alpha value is -2.58. The number of halogens is 1. The minimum Gasteiger partial charge on any atom is -0.496 e. The van der Waals surface area contributed by atoms with E-state index < -0.39 is 5.82 Å². The van der Waals surface area contributed by atoms with E-state index in [9.17, 15) is 4.39 Å². The molecule has 0 heterocycles. The van der Waals surface area contributed by atoms with Gasteiger partial charge in [-0.1, -0.05) is 12.1 Å². The number of hydrogen-bond donors (Lipinski definition) is 1. The smallest absolute Gasteiger partial charge is 0.165 e. The maximum absolute atomic E-state index is 13.8. The Morgan fingerprint density at radius 3 is 2.71 bits per heavy atom. The fraction of sp³-hybridized carbons (Fsp3) is 0.188. The zero-order chi connectivity index (χ0) is 15.2. The molecule has 0 bridgehead atoms. The monoisotopic (exact) mass is 286 g/mol. The third-order valence-electron chi connectivity index (χ3n) is 3.05. The Balaban J connectivity index is 2.26. The van der Waals surface area contributed by atoms with Crippen molar-refractivity contribution < 1.29 is 13.9 Å². The molecule has 0 saturated carbocycles. The molecule has 0 radical (unpaired) electrons. The van der Waals surface area contributed by atoms with Crippen LogP contribution in [0, 0.1) is 17.1 Å². The molecule has 0 saturated heterocycles. The third-order valence-corrected chi connectivity index (χ3v) is 3.05. The Bertz CT molecular complexity index is 680. The maximum atomic E-state index is 13.8. The molecule has 2 rings (SSSR count). The van der Waals surface area contributed by atoms with E-state index in [-0.39, 0.29) is 18.9 Å². The summed E-state index contributed by atoms with van der Waals surface area (Å²) in [5, 5.41) is 8.93. The molecule has 5 heteroatoms. The van der Waals surface area contributed by atoms with E-state index in [1.807, 2.05) is 6.07 Å². The molecule has 4 nitrogen and oxygen atoms in total. The van der Waals surface area contributed by atoms with E-state index in [1.165, 1.54) is 13.2 Å². The third kappa shape index (κ3) is 3.30. The molecule has 0 fully saturated rings. The molecule has 0 spiro atoms. The maximum Gasteiger partial charge on any atom is 0.165 e. The predicted octanol–water partition coefficient (Wildman–Crippen LogP) is 2.74. The van der Waals surface area contributed by atoms with Crippen LogP contribution in [0.3, 0.4) is 0 Å². The van der Waals surface area contributed by atoms with Gasteiger partial charge in [-0.15, -0.1) is 0 Å². The Kier molecular flexibility index (Phi) is 4.75. The van der Waals surface area contributed by atoms with E-state index in [0.29, 0.717) is 22.4 Å². The average molecular weight is 286 g/mol. The molecule has 0 amide bonds. The predicted molar refractivity (Wildman–Crippen MR) is 76.3 cm³/mol. The molecule has 0 aliphatic carbocycles. The lowest BCUT2D eigenvalue weighted by molar-refractivity contribution is 0.279. The highest BCUT2D eigenvalue weighted by atomic mass is 19.1. The van der Waals surface area contributed by atoms with Crippen LogP contribution in [0.4, 0.5) is 4.39 Å². The summed E-state index contributed by atoms with van der Waals surface area (Å²) in [4.78, 5) is 0. The molecule has 0 atom stereocenters. The standard InChI is InChI=1S/C16H15FN2O2/c1-20-15-6-5-11(8-18)7-13(15)10-21-16-12(9-19)3-2-4-14(16)17/h2-7H,9-10,19H2,1H3. The number of methoxy groups -OCH3 is 1. The highest BCUT2D eigenvalue weighted by molar-refractivity contribution is 5.42. The molecule has 0 aliphatic heterocycles. The highest BCUT2D eigenvalue weighted by Crippen LogP contribution is 2.26. The van der Waals surface area contributed by atoms with Gasteiger partial charge in [-0.3, -0.25) is 0 Å². The SMILES string of the molecule is COc1ccc(C#N)cc1COc1c(F)cccc1CN. The zero-order valence-corrected chi connectivity index (χ0v) is 11.6. The summed E-state index contributed by atoms with van der Waals surface area (Å²) >= 11 is 0. The van der Waals surface area contributed by atoms with Gasteiger partial charge in [0.2, 0.25) is 0 Å². The highest BCUT2D eigenvalue weighted by Gasteiger charge is 2.11. The minimum atomic E-state index is -0.464. The molecule has 2 aromatic carbocycles. The number of rotatable bonds is 5. The number of para-hydroxylation sites is 1. The van der Waals surface area contributed by atoms with Gasteiger partial charge in [0, 0.05) is 17.7 Å².